The zero-order valence-corrected chi connectivity index (χ0v) is 8.38. The summed E-state index contributed by atoms with van der Waals surface area (Å²) in [5, 5.41) is 19.5. The molecule has 1 aromatic rings. The highest BCUT2D eigenvalue weighted by Gasteiger charge is 2.24. The van der Waals surface area contributed by atoms with Gasteiger partial charge in [0.25, 0.3) is 0 Å². The Morgan fingerprint density at radius 3 is 2.86 bits per heavy atom. The van der Waals surface area contributed by atoms with E-state index in [9.17, 15) is 10.2 Å². The third kappa shape index (κ3) is 1.33. The number of fused-ring (bicyclic) bond motifs is 1. The van der Waals surface area contributed by atoms with Crippen LogP contribution in [0.5, 0.6) is 11.5 Å². The van der Waals surface area contributed by atoms with Crippen molar-refractivity contribution in [2.45, 2.75) is 25.3 Å². The molecule has 1 aliphatic carbocycles. The molecule has 0 radical (unpaired) electrons. The maximum atomic E-state index is 9.65. The van der Waals surface area contributed by atoms with Gasteiger partial charge in [-0.2, -0.15) is 0 Å². The van der Waals surface area contributed by atoms with E-state index >= 15 is 0 Å². The maximum absolute atomic E-state index is 9.65. The first-order valence-electron chi connectivity index (χ1n) is 4.60. The quantitative estimate of drug-likeness (QED) is 0.578. The highest BCUT2D eigenvalue weighted by atomic mass is 35.5. The Bertz CT molecular complexity index is 379. The van der Waals surface area contributed by atoms with Crippen LogP contribution in [0.3, 0.4) is 0 Å². The number of hydrogen-bond donors (Lipinski definition) is 3. The Morgan fingerprint density at radius 2 is 2.14 bits per heavy atom. The van der Waals surface area contributed by atoms with Gasteiger partial charge in [-0.3, -0.25) is 0 Å². The van der Waals surface area contributed by atoms with E-state index in [2.05, 4.69) is 0 Å². The topological polar surface area (TPSA) is 66.5 Å². The predicted octanol–water partition coefficient (Wildman–Crippen LogP) is 2.09. The van der Waals surface area contributed by atoms with Gasteiger partial charge >= 0.3 is 0 Å². The van der Waals surface area contributed by atoms with Crippen LogP contribution < -0.4 is 5.73 Å². The van der Waals surface area contributed by atoms with Gasteiger partial charge < -0.3 is 15.9 Å². The smallest absolute Gasteiger partial charge is 0.162 e. The molecule has 0 fully saturated rings. The molecule has 0 saturated heterocycles. The Labute approximate surface area is 87.1 Å². The second-order valence-electron chi connectivity index (χ2n) is 3.62. The number of phenols is 2. The van der Waals surface area contributed by atoms with Gasteiger partial charge in [-0.15, -0.1) is 0 Å². The van der Waals surface area contributed by atoms with E-state index in [4.69, 9.17) is 17.3 Å². The molecule has 4 N–H and O–H groups in total. The molecule has 0 spiro atoms. The molecule has 0 aromatic heterocycles. The highest BCUT2D eigenvalue weighted by Crippen LogP contribution is 2.43. The largest absolute Gasteiger partial charge is 0.504 e. The standard InChI is InChI=1S/C10H12ClNO2/c11-6-4-8(13)10(14)9-5(6)2-1-3-7(9)12/h4,7,13-14H,1-3,12H2/t7-/m1/s1. The molecule has 0 unspecified atom stereocenters. The lowest BCUT2D eigenvalue weighted by Gasteiger charge is -2.24. The van der Waals surface area contributed by atoms with Gasteiger partial charge in [-0.1, -0.05) is 11.6 Å². The molecule has 1 aromatic carbocycles. The lowest BCUT2D eigenvalue weighted by Crippen LogP contribution is -2.17. The van der Waals surface area contributed by atoms with Gasteiger partial charge in [0.2, 0.25) is 0 Å². The van der Waals surface area contributed by atoms with Crippen molar-refractivity contribution in [1.29, 1.82) is 0 Å². The molecule has 76 valence electrons. The van der Waals surface area contributed by atoms with Crippen molar-refractivity contribution >= 4 is 11.6 Å². The Kier molecular flexibility index (Phi) is 2.29. The van der Waals surface area contributed by atoms with Gasteiger partial charge in [-0.05, 0) is 24.8 Å². The summed E-state index contributed by atoms with van der Waals surface area (Å²) in [5.74, 6) is -0.303. The summed E-state index contributed by atoms with van der Waals surface area (Å²) >= 11 is 5.96. The summed E-state index contributed by atoms with van der Waals surface area (Å²) < 4.78 is 0. The Balaban J connectivity index is 2.67. The monoisotopic (exact) mass is 213 g/mol. The minimum Gasteiger partial charge on any atom is -0.504 e. The fourth-order valence-corrected chi connectivity index (χ4v) is 2.28. The molecule has 1 aliphatic rings. The third-order valence-electron chi connectivity index (χ3n) is 2.69. The summed E-state index contributed by atoms with van der Waals surface area (Å²) in [5.41, 5.74) is 7.34. The lowest BCUT2D eigenvalue weighted by atomic mass is 9.87. The van der Waals surface area contributed by atoms with E-state index in [1.165, 1.54) is 6.07 Å². The highest BCUT2D eigenvalue weighted by molar-refractivity contribution is 6.31. The van der Waals surface area contributed by atoms with Gasteiger partial charge in [0.1, 0.15) is 0 Å². The SMILES string of the molecule is N[C@@H]1CCCc2c(Cl)cc(O)c(O)c21. The van der Waals surface area contributed by atoms with Crippen molar-refractivity contribution < 1.29 is 10.2 Å². The molecule has 2 rings (SSSR count). The molecule has 0 aliphatic heterocycles. The number of phenolic OH excluding ortho intramolecular Hbond substituents is 2. The number of rotatable bonds is 0. The van der Waals surface area contributed by atoms with Crippen molar-refractivity contribution in [2.24, 2.45) is 5.73 Å². The van der Waals surface area contributed by atoms with E-state index in [1.54, 1.807) is 0 Å². The van der Waals surface area contributed by atoms with Crippen molar-refractivity contribution in [1.82, 2.24) is 0 Å². The molecule has 0 amide bonds. The zero-order chi connectivity index (χ0) is 10.3. The summed E-state index contributed by atoms with van der Waals surface area (Å²) in [6.45, 7) is 0. The summed E-state index contributed by atoms with van der Waals surface area (Å²) in [6.07, 6.45) is 2.61. The molecule has 0 bridgehead atoms. The fourth-order valence-electron chi connectivity index (χ4n) is 1.98. The second kappa shape index (κ2) is 3.33. The summed E-state index contributed by atoms with van der Waals surface area (Å²) in [4.78, 5) is 0. The van der Waals surface area contributed by atoms with Crippen LogP contribution in [-0.2, 0) is 6.42 Å². The second-order valence-corrected chi connectivity index (χ2v) is 4.02. The summed E-state index contributed by atoms with van der Waals surface area (Å²) in [7, 11) is 0. The van der Waals surface area contributed by atoms with Crippen LogP contribution in [0.1, 0.15) is 30.0 Å². The first-order valence-corrected chi connectivity index (χ1v) is 4.98. The van der Waals surface area contributed by atoms with Crippen LogP contribution >= 0.6 is 11.6 Å². The van der Waals surface area contributed by atoms with Crippen LogP contribution in [-0.4, -0.2) is 10.2 Å². The van der Waals surface area contributed by atoms with Crippen LogP contribution in [0, 0.1) is 0 Å². The van der Waals surface area contributed by atoms with E-state index in [0.29, 0.717) is 10.6 Å². The number of aromatic hydroxyl groups is 2. The van der Waals surface area contributed by atoms with E-state index in [0.717, 1.165) is 24.8 Å². The molecule has 0 heterocycles. The van der Waals surface area contributed by atoms with Crippen LogP contribution in [0.15, 0.2) is 6.07 Å². The zero-order valence-electron chi connectivity index (χ0n) is 7.63. The average molecular weight is 214 g/mol. The molecule has 3 nitrogen and oxygen atoms in total. The van der Waals surface area contributed by atoms with Gasteiger partial charge in [-0.25, -0.2) is 0 Å². The third-order valence-corrected chi connectivity index (χ3v) is 3.02. The minimum atomic E-state index is -0.219. The number of hydrogen-bond acceptors (Lipinski definition) is 3. The minimum absolute atomic E-state index is 0.114. The molecule has 1 atom stereocenters. The van der Waals surface area contributed by atoms with Crippen molar-refractivity contribution in [2.75, 3.05) is 0 Å². The molecule has 14 heavy (non-hydrogen) atoms. The Hall–Kier alpha value is -0.930. The van der Waals surface area contributed by atoms with Crippen LogP contribution in [0.25, 0.3) is 0 Å². The van der Waals surface area contributed by atoms with Gasteiger partial charge in [0.05, 0.1) is 0 Å². The predicted molar refractivity (Wildman–Crippen MR) is 54.6 cm³/mol. The molecular weight excluding hydrogens is 202 g/mol. The summed E-state index contributed by atoms with van der Waals surface area (Å²) in [6, 6.07) is 1.15. The lowest BCUT2D eigenvalue weighted by molar-refractivity contribution is 0.389. The number of benzene rings is 1. The normalized spacial score (nSPS) is 20.6. The first-order chi connectivity index (χ1) is 6.61. The van der Waals surface area contributed by atoms with Crippen molar-refractivity contribution in [3.63, 3.8) is 0 Å². The van der Waals surface area contributed by atoms with E-state index in [1.807, 2.05) is 0 Å². The van der Waals surface area contributed by atoms with Gasteiger partial charge in [0, 0.05) is 22.7 Å². The van der Waals surface area contributed by atoms with Gasteiger partial charge in [0.15, 0.2) is 11.5 Å². The van der Waals surface area contributed by atoms with Crippen molar-refractivity contribution in [3.05, 3.63) is 22.2 Å². The maximum Gasteiger partial charge on any atom is 0.162 e. The number of halogens is 1. The number of nitrogens with two attached hydrogens (primary N) is 1. The Morgan fingerprint density at radius 1 is 1.43 bits per heavy atom. The van der Waals surface area contributed by atoms with Crippen LogP contribution in [0.4, 0.5) is 0 Å². The average Bonchev–Trinajstić information content (AvgIpc) is 2.14. The van der Waals surface area contributed by atoms with E-state index < -0.39 is 0 Å². The molecule has 0 saturated carbocycles. The van der Waals surface area contributed by atoms with Crippen LogP contribution in [0.2, 0.25) is 5.02 Å². The van der Waals surface area contributed by atoms with E-state index in [-0.39, 0.29) is 17.5 Å². The molecular formula is C10H12ClNO2. The first kappa shape index (κ1) is 9.62. The fraction of sp³-hybridized carbons (Fsp3) is 0.400. The van der Waals surface area contributed by atoms with Crippen molar-refractivity contribution in [3.8, 4) is 11.5 Å². The molecule has 4 heteroatoms.